The Hall–Kier alpha value is -2.59. The Balaban J connectivity index is 1.61. The predicted molar refractivity (Wildman–Crippen MR) is 98.9 cm³/mol. The van der Waals surface area contributed by atoms with E-state index in [0.717, 1.165) is 23.0 Å². The van der Waals surface area contributed by atoms with Crippen LogP contribution >= 0.6 is 11.6 Å². The first-order valence-electron chi connectivity index (χ1n) is 7.86. The molecule has 2 N–H and O–H groups in total. The van der Waals surface area contributed by atoms with E-state index in [1.807, 2.05) is 48.5 Å². The zero-order valence-corrected chi connectivity index (χ0v) is 14.2. The van der Waals surface area contributed by atoms with Crippen LogP contribution in [-0.4, -0.2) is 0 Å². The van der Waals surface area contributed by atoms with Crippen molar-refractivity contribution in [2.24, 2.45) is 0 Å². The van der Waals surface area contributed by atoms with Crippen LogP contribution in [0.4, 0.5) is 20.2 Å². The molecule has 0 saturated carbocycles. The van der Waals surface area contributed by atoms with Gasteiger partial charge in [0.05, 0.1) is 0 Å². The van der Waals surface area contributed by atoms with Crippen LogP contribution in [-0.2, 0) is 13.1 Å². The highest BCUT2D eigenvalue weighted by Crippen LogP contribution is 2.19. The molecule has 3 rings (SSSR count). The molecule has 0 fully saturated rings. The summed E-state index contributed by atoms with van der Waals surface area (Å²) in [5.74, 6) is -1.13. The summed E-state index contributed by atoms with van der Waals surface area (Å²) >= 11 is 5.98. The second-order valence-electron chi connectivity index (χ2n) is 5.65. The molecule has 0 radical (unpaired) electrons. The Morgan fingerprint density at radius 3 is 2.20 bits per heavy atom. The van der Waals surface area contributed by atoms with Crippen LogP contribution in [0.15, 0.2) is 66.7 Å². The van der Waals surface area contributed by atoms with Crippen molar-refractivity contribution >= 4 is 23.0 Å². The third-order valence-electron chi connectivity index (χ3n) is 3.75. The molecule has 3 aromatic carbocycles. The van der Waals surface area contributed by atoms with Gasteiger partial charge in [0.15, 0.2) is 0 Å². The van der Waals surface area contributed by atoms with Crippen molar-refractivity contribution < 1.29 is 8.78 Å². The van der Waals surface area contributed by atoms with Crippen molar-refractivity contribution in [3.8, 4) is 0 Å². The SMILES string of the molecule is Fc1ccc(CNc2cccc(NCc3cccc(Cl)c3)c2)c(F)c1. The lowest BCUT2D eigenvalue weighted by atomic mass is 10.2. The molecule has 0 aliphatic rings. The van der Waals surface area contributed by atoms with Gasteiger partial charge in [0, 0.05) is 41.1 Å². The standard InChI is InChI=1S/C20H17ClF2N2/c21-16-4-1-3-14(9-16)12-24-18-5-2-6-19(11-18)25-13-15-7-8-17(22)10-20(15)23/h1-11,24-25H,12-13H2. The number of anilines is 2. The summed E-state index contributed by atoms with van der Waals surface area (Å²) in [5, 5.41) is 7.17. The molecule has 5 heteroatoms. The van der Waals surface area contributed by atoms with Gasteiger partial charge in [-0.2, -0.15) is 0 Å². The second-order valence-corrected chi connectivity index (χ2v) is 6.09. The highest BCUT2D eigenvalue weighted by atomic mass is 35.5. The van der Waals surface area contributed by atoms with Gasteiger partial charge >= 0.3 is 0 Å². The van der Waals surface area contributed by atoms with Crippen LogP contribution in [0, 0.1) is 11.6 Å². The smallest absolute Gasteiger partial charge is 0.131 e. The van der Waals surface area contributed by atoms with E-state index in [-0.39, 0.29) is 6.54 Å². The number of benzene rings is 3. The number of hydrogen-bond donors (Lipinski definition) is 2. The first kappa shape index (κ1) is 17.2. The molecule has 0 unspecified atom stereocenters. The van der Waals surface area contributed by atoms with E-state index in [2.05, 4.69) is 10.6 Å². The predicted octanol–water partition coefficient (Wildman–Crippen LogP) is 5.84. The second kappa shape index (κ2) is 7.99. The molecule has 2 nitrogen and oxygen atoms in total. The monoisotopic (exact) mass is 358 g/mol. The summed E-state index contributed by atoms with van der Waals surface area (Å²) in [5.41, 5.74) is 3.28. The number of halogens is 3. The average Bonchev–Trinajstić information content (AvgIpc) is 2.60. The molecular weight excluding hydrogens is 342 g/mol. The summed E-state index contributed by atoms with van der Waals surface area (Å²) in [4.78, 5) is 0. The first-order chi connectivity index (χ1) is 12.1. The highest BCUT2D eigenvalue weighted by molar-refractivity contribution is 6.30. The fourth-order valence-electron chi connectivity index (χ4n) is 2.45. The topological polar surface area (TPSA) is 24.1 Å². The van der Waals surface area contributed by atoms with E-state index in [9.17, 15) is 8.78 Å². The largest absolute Gasteiger partial charge is 0.381 e. The van der Waals surface area contributed by atoms with Crippen LogP contribution < -0.4 is 10.6 Å². The van der Waals surface area contributed by atoms with Crippen LogP contribution in [0.3, 0.4) is 0 Å². The van der Waals surface area contributed by atoms with Gasteiger partial charge in [-0.3, -0.25) is 0 Å². The molecule has 128 valence electrons. The molecule has 0 heterocycles. The van der Waals surface area contributed by atoms with Crippen molar-refractivity contribution in [1.29, 1.82) is 0 Å². The lowest BCUT2D eigenvalue weighted by molar-refractivity contribution is 0.574. The van der Waals surface area contributed by atoms with Crippen LogP contribution in [0.5, 0.6) is 0 Å². The van der Waals surface area contributed by atoms with E-state index in [4.69, 9.17) is 11.6 Å². The lowest BCUT2D eigenvalue weighted by Gasteiger charge is -2.11. The van der Waals surface area contributed by atoms with E-state index < -0.39 is 11.6 Å². The molecule has 0 aromatic heterocycles. The van der Waals surface area contributed by atoms with Gasteiger partial charge in [0.25, 0.3) is 0 Å². The molecule has 25 heavy (non-hydrogen) atoms. The van der Waals surface area contributed by atoms with E-state index in [0.29, 0.717) is 17.1 Å². The minimum Gasteiger partial charge on any atom is -0.381 e. The van der Waals surface area contributed by atoms with Gasteiger partial charge in [-0.15, -0.1) is 0 Å². The molecule has 0 bridgehead atoms. The number of rotatable bonds is 6. The zero-order chi connectivity index (χ0) is 17.6. The van der Waals surface area contributed by atoms with Gasteiger partial charge in [0.1, 0.15) is 11.6 Å². The quantitative estimate of drug-likeness (QED) is 0.578. The van der Waals surface area contributed by atoms with Gasteiger partial charge in [-0.1, -0.05) is 35.9 Å². The maximum absolute atomic E-state index is 13.7. The molecule has 0 aliphatic heterocycles. The molecule has 0 saturated heterocycles. The first-order valence-corrected chi connectivity index (χ1v) is 8.24. The van der Waals surface area contributed by atoms with Crippen LogP contribution in [0.2, 0.25) is 5.02 Å². The Morgan fingerprint density at radius 2 is 1.48 bits per heavy atom. The molecule has 0 amide bonds. The summed E-state index contributed by atoms with van der Waals surface area (Å²) in [7, 11) is 0. The minimum absolute atomic E-state index is 0.282. The summed E-state index contributed by atoms with van der Waals surface area (Å²) < 4.78 is 26.6. The zero-order valence-electron chi connectivity index (χ0n) is 13.4. The maximum atomic E-state index is 13.7. The molecule has 0 spiro atoms. The van der Waals surface area contributed by atoms with Crippen molar-refractivity contribution in [1.82, 2.24) is 0 Å². The molecule has 0 atom stereocenters. The third-order valence-corrected chi connectivity index (χ3v) is 3.98. The van der Waals surface area contributed by atoms with Gasteiger partial charge in [0.2, 0.25) is 0 Å². The molecule has 3 aromatic rings. The summed E-state index contributed by atoms with van der Waals surface area (Å²) in [6, 6.07) is 18.9. The van der Waals surface area contributed by atoms with Crippen molar-refractivity contribution in [2.45, 2.75) is 13.1 Å². The Labute approximate surface area is 150 Å². The van der Waals surface area contributed by atoms with Crippen LogP contribution in [0.25, 0.3) is 0 Å². The Morgan fingerprint density at radius 1 is 0.760 bits per heavy atom. The average molecular weight is 359 g/mol. The van der Waals surface area contributed by atoms with Gasteiger partial charge in [-0.25, -0.2) is 8.78 Å². The summed E-state index contributed by atoms with van der Waals surface area (Å²) in [6.07, 6.45) is 0. The highest BCUT2D eigenvalue weighted by Gasteiger charge is 2.04. The summed E-state index contributed by atoms with van der Waals surface area (Å²) in [6.45, 7) is 0.931. The normalized spacial score (nSPS) is 10.5. The van der Waals surface area contributed by atoms with Crippen molar-refractivity contribution in [2.75, 3.05) is 10.6 Å². The van der Waals surface area contributed by atoms with Gasteiger partial charge in [-0.05, 0) is 42.0 Å². The fraction of sp³-hybridized carbons (Fsp3) is 0.100. The van der Waals surface area contributed by atoms with Crippen molar-refractivity contribution in [3.05, 3.63) is 94.5 Å². The van der Waals surface area contributed by atoms with Gasteiger partial charge < -0.3 is 10.6 Å². The Bertz CT molecular complexity index is 868. The molecule has 0 aliphatic carbocycles. The number of nitrogens with one attached hydrogen (secondary N) is 2. The van der Waals surface area contributed by atoms with E-state index in [1.54, 1.807) is 0 Å². The maximum Gasteiger partial charge on any atom is 0.131 e. The van der Waals surface area contributed by atoms with E-state index >= 15 is 0 Å². The Kier molecular flexibility index (Phi) is 5.51. The number of hydrogen-bond acceptors (Lipinski definition) is 2. The van der Waals surface area contributed by atoms with Crippen LogP contribution in [0.1, 0.15) is 11.1 Å². The fourth-order valence-corrected chi connectivity index (χ4v) is 2.67. The lowest BCUT2D eigenvalue weighted by Crippen LogP contribution is -2.03. The minimum atomic E-state index is -0.575. The van der Waals surface area contributed by atoms with Crippen molar-refractivity contribution in [3.63, 3.8) is 0 Å². The van der Waals surface area contributed by atoms with E-state index in [1.165, 1.54) is 12.1 Å². The third kappa shape index (κ3) is 4.94. The molecular formula is C20H17ClF2N2.